The second-order valence-electron chi connectivity index (χ2n) is 5.18. The molecular weight excluding hydrogens is 269 g/mol. The molecule has 1 saturated heterocycles. The lowest BCUT2D eigenvalue weighted by Crippen LogP contribution is -2.57. The van der Waals surface area contributed by atoms with Crippen molar-refractivity contribution in [1.29, 1.82) is 0 Å². The summed E-state index contributed by atoms with van der Waals surface area (Å²) in [6, 6.07) is 7.82. The van der Waals surface area contributed by atoms with E-state index in [1.54, 1.807) is 6.92 Å². The molecule has 0 aliphatic carbocycles. The number of amides is 1. The van der Waals surface area contributed by atoms with E-state index in [0.29, 0.717) is 6.42 Å². The molecule has 0 bridgehead atoms. The second-order valence-corrected chi connectivity index (χ2v) is 5.18. The van der Waals surface area contributed by atoms with Gasteiger partial charge in [0.2, 0.25) is 5.91 Å². The monoisotopic (exact) mass is 286 g/mol. The predicted molar refractivity (Wildman–Crippen MR) is 69.0 cm³/mol. The number of nitrogens with two attached hydrogens (primary N) is 1. The molecule has 2 unspecified atom stereocenters. The summed E-state index contributed by atoms with van der Waals surface area (Å²) in [6.45, 7) is 0.400. The minimum Gasteiger partial charge on any atom is -0.329 e. The largest absolute Gasteiger partial charge is 0.406 e. The molecule has 0 spiro atoms. The first-order chi connectivity index (χ1) is 9.29. The van der Waals surface area contributed by atoms with Gasteiger partial charge in [-0.25, -0.2) is 0 Å². The summed E-state index contributed by atoms with van der Waals surface area (Å²) in [5, 5.41) is 0. The predicted octanol–water partition coefficient (Wildman–Crippen LogP) is 2.28. The van der Waals surface area contributed by atoms with Crippen LogP contribution >= 0.6 is 0 Å². The number of likely N-dealkylation sites (tertiary alicyclic amines) is 1. The van der Waals surface area contributed by atoms with Crippen LogP contribution in [0.5, 0.6) is 0 Å². The van der Waals surface area contributed by atoms with Gasteiger partial charge in [-0.3, -0.25) is 4.79 Å². The minimum absolute atomic E-state index is 0.175. The number of hydrogen-bond acceptors (Lipinski definition) is 2. The van der Waals surface area contributed by atoms with E-state index in [9.17, 15) is 18.0 Å². The van der Waals surface area contributed by atoms with Gasteiger partial charge < -0.3 is 10.6 Å². The molecule has 20 heavy (non-hydrogen) atoms. The molecule has 6 heteroatoms. The van der Waals surface area contributed by atoms with E-state index < -0.39 is 30.7 Å². The van der Waals surface area contributed by atoms with Crippen LogP contribution in [0.15, 0.2) is 30.3 Å². The van der Waals surface area contributed by atoms with E-state index >= 15 is 0 Å². The summed E-state index contributed by atoms with van der Waals surface area (Å²) in [4.78, 5) is 12.7. The van der Waals surface area contributed by atoms with Gasteiger partial charge >= 0.3 is 6.18 Å². The molecule has 110 valence electrons. The molecule has 1 aromatic carbocycles. The van der Waals surface area contributed by atoms with Crippen LogP contribution in [0.4, 0.5) is 13.2 Å². The molecule has 1 fully saturated rings. The van der Waals surface area contributed by atoms with E-state index in [1.807, 2.05) is 30.3 Å². The highest BCUT2D eigenvalue weighted by molar-refractivity contribution is 5.83. The summed E-state index contributed by atoms with van der Waals surface area (Å²) in [6.07, 6.45) is -4.04. The summed E-state index contributed by atoms with van der Waals surface area (Å²) >= 11 is 0. The Morgan fingerprint density at radius 3 is 2.45 bits per heavy atom. The number of hydrogen-bond donors (Lipinski definition) is 1. The number of piperidine rings is 1. The van der Waals surface area contributed by atoms with E-state index in [-0.39, 0.29) is 5.92 Å². The molecule has 3 nitrogen and oxygen atoms in total. The Morgan fingerprint density at radius 1 is 1.30 bits per heavy atom. The average molecular weight is 286 g/mol. The summed E-state index contributed by atoms with van der Waals surface area (Å²) in [5.74, 6) is -0.798. The van der Waals surface area contributed by atoms with Gasteiger partial charge in [-0.1, -0.05) is 30.3 Å². The van der Waals surface area contributed by atoms with Gasteiger partial charge in [0.1, 0.15) is 6.54 Å². The Bertz CT molecular complexity index is 475. The van der Waals surface area contributed by atoms with Crippen molar-refractivity contribution in [3.63, 3.8) is 0 Å². The number of carbonyl (C=O) groups excluding carboxylic acids is 1. The number of halogens is 3. The zero-order valence-electron chi connectivity index (χ0n) is 11.1. The van der Waals surface area contributed by atoms with Gasteiger partial charge in [-0.2, -0.15) is 13.2 Å². The molecule has 2 rings (SSSR count). The SMILES string of the molecule is C[C@@H]1C(c2ccccc2)CC(N)C(=O)N1CC(F)(F)F. The van der Waals surface area contributed by atoms with Crippen molar-refractivity contribution in [2.24, 2.45) is 5.73 Å². The van der Waals surface area contributed by atoms with Crippen LogP contribution in [0, 0.1) is 0 Å². The highest BCUT2D eigenvalue weighted by Crippen LogP contribution is 2.34. The van der Waals surface area contributed by atoms with Gasteiger partial charge in [0, 0.05) is 12.0 Å². The van der Waals surface area contributed by atoms with Gasteiger partial charge in [0.25, 0.3) is 0 Å². The van der Waals surface area contributed by atoms with Crippen LogP contribution < -0.4 is 5.73 Å². The van der Waals surface area contributed by atoms with Gasteiger partial charge in [0.05, 0.1) is 6.04 Å². The zero-order valence-corrected chi connectivity index (χ0v) is 11.1. The first-order valence-electron chi connectivity index (χ1n) is 6.47. The maximum Gasteiger partial charge on any atom is 0.406 e. The van der Waals surface area contributed by atoms with E-state index in [1.165, 1.54) is 0 Å². The number of nitrogens with zero attached hydrogens (tertiary/aromatic N) is 1. The smallest absolute Gasteiger partial charge is 0.329 e. The second kappa shape index (κ2) is 5.44. The Morgan fingerprint density at radius 2 is 1.90 bits per heavy atom. The third kappa shape index (κ3) is 3.12. The van der Waals surface area contributed by atoms with Crippen molar-refractivity contribution in [3.05, 3.63) is 35.9 Å². The van der Waals surface area contributed by atoms with Crippen LogP contribution in [0.3, 0.4) is 0 Å². The lowest BCUT2D eigenvalue weighted by atomic mass is 9.82. The number of carbonyl (C=O) groups is 1. The van der Waals surface area contributed by atoms with Crippen LogP contribution in [-0.4, -0.2) is 35.6 Å². The van der Waals surface area contributed by atoms with E-state index in [4.69, 9.17) is 5.73 Å². The fourth-order valence-electron chi connectivity index (χ4n) is 2.73. The van der Waals surface area contributed by atoms with Crippen molar-refractivity contribution in [2.75, 3.05) is 6.54 Å². The zero-order chi connectivity index (χ0) is 14.9. The fourth-order valence-corrected chi connectivity index (χ4v) is 2.73. The molecule has 2 N–H and O–H groups in total. The lowest BCUT2D eigenvalue weighted by Gasteiger charge is -2.42. The molecule has 1 aromatic rings. The Hall–Kier alpha value is -1.56. The van der Waals surface area contributed by atoms with Crippen molar-refractivity contribution >= 4 is 5.91 Å². The summed E-state index contributed by atoms with van der Waals surface area (Å²) in [5.41, 5.74) is 6.63. The van der Waals surface area contributed by atoms with E-state index in [2.05, 4.69) is 0 Å². The average Bonchev–Trinajstić information content (AvgIpc) is 2.39. The van der Waals surface area contributed by atoms with Gasteiger partial charge in [0.15, 0.2) is 0 Å². The summed E-state index contributed by atoms with van der Waals surface area (Å²) < 4.78 is 37.8. The van der Waals surface area contributed by atoms with E-state index in [0.717, 1.165) is 10.5 Å². The first kappa shape index (κ1) is 14.8. The lowest BCUT2D eigenvalue weighted by molar-refractivity contribution is -0.170. The fraction of sp³-hybridized carbons (Fsp3) is 0.500. The first-order valence-corrected chi connectivity index (χ1v) is 6.47. The molecule has 0 saturated carbocycles. The summed E-state index contributed by atoms with van der Waals surface area (Å²) in [7, 11) is 0. The minimum atomic E-state index is -4.41. The Balaban J connectivity index is 2.26. The molecular formula is C14H17F3N2O. The Labute approximate surface area is 115 Å². The van der Waals surface area contributed by atoms with Crippen LogP contribution in [0.25, 0.3) is 0 Å². The number of alkyl halides is 3. The molecule has 1 heterocycles. The normalized spacial score (nSPS) is 27.8. The molecule has 1 aliphatic rings. The van der Waals surface area contributed by atoms with Crippen molar-refractivity contribution in [2.45, 2.75) is 37.5 Å². The third-order valence-corrected chi connectivity index (χ3v) is 3.76. The van der Waals surface area contributed by atoms with Crippen molar-refractivity contribution in [3.8, 4) is 0 Å². The van der Waals surface area contributed by atoms with Crippen LogP contribution in [0.1, 0.15) is 24.8 Å². The van der Waals surface area contributed by atoms with Crippen LogP contribution in [0.2, 0.25) is 0 Å². The van der Waals surface area contributed by atoms with Crippen molar-refractivity contribution in [1.82, 2.24) is 4.90 Å². The van der Waals surface area contributed by atoms with Crippen LogP contribution in [-0.2, 0) is 4.79 Å². The Kier molecular flexibility index (Phi) is 4.04. The third-order valence-electron chi connectivity index (χ3n) is 3.76. The molecule has 0 radical (unpaired) electrons. The quantitative estimate of drug-likeness (QED) is 0.906. The van der Waals surface area contributed by atoms with Crippen molar-refractivity contribution < 1.29 is 18.0 Å². The number of benzene rings is 1. The topological polar surface area (TPSA) is 46.3 Å². The number of rotatable bonds is 2. The molecule has 1 aliphatic heterocycles. The standard InChI is InChI=1S/C14H17F3N2O/c1-9-11(10-5-3-2-4-6-10)7-12(18)13(20)19(9)8-14(15,16)17/h2-6,9,11-12H,7-8,18H2,1H3/t9-,11?,12?/m1/s1. The maximum atomic E-state index is 12.6. The highest BCUT2D eigenvalue weighted by atomic mass is 19.4. The molecule has 0 aromatic heterocycles. The van der Waals surface area contributed by atoms with Gasteiger partial charge in [-0.05, 0) is 18.9 Å². The molecule has 1 amide bonds. The van der Waals surface area contributed by atoms with Gasteiger partial charge in [-0.15, -0.1) is 0 Å². The highest BCUT2D eigenvalue weighted by Gasteiger charge is 2.43. The molecule has 3 atom stereocenters. The maximum absolute atomic E-state index is 12.6.